The molecule has 0 amide bonds. The van der Waals surface area contributed by atoms with Crippen molar-refractivity contribution in [1.29, 1.82) is 0 Å². The first kappa shape index (κ1) is 22.1. The summed E-state index contributed by atoms with van der Waals surface area (Å²) in [5.74, 6) is 1.26. The zero-order chi connectivity index (χ0) is 21.6. The van der Waals surface area contributed by atoms with Gasteiger partial charge in [0.05, 0.1) is 31.0 Å². The molecule has 4 rings (SSSR count). The number of anilines is 1. The number of hydrogen-bond acceptors (Lipinski definition) is 4. The lowest BCUT2D eigenvalue weighted by Gasteiger charge is -2.38. The van der Waals surface area contributed by atoms with Crippen LogP contribution < -0.4 is 9.64 Å². The van der Waals surface area contributed by atoms with Crippen LogP contribution in [0.5, 0.6) is 5.75 Å². The van der Waals surface area contributed by atoms with E-state index in [1.165, 1.54) is 12.8 Å². The van der Waals surface area contributed by atoms with E-state index in [2.05, 4.69) is 41.8 Å². The van der Waals surface area contributed by atoms with E-state index in [1.807, 2.05) is 18.2 Å². The first-order valence-electron chi connectivity index (χ1n) is 11.7. The van der Waals surface area contributed by atoms with E-state index in [0.29, 0.717) is 18.6 Å². The summed E-state index contributed by atoms with van der Waals surface area (Å²) < 4.78 is 25.9. The minimum absolute atomic E-state index is 0.138. The summed E-state index contributed by atoms with van der Waals surface area (Å²) in [6.45, 7) is 9.66. The summed E-state index contributed by atoms with van der Waals surface area (Å²) >= 11 is 0. The summed E-state index contributed by atoms with van der Waals surface area (Å²) in [5.41, 5.74) is 2.24. The number of hydrogen-bond donors (Lipinski definition) is 0. The third-order valence-electron chi connectivity index (χ3n) is 6.28. The quantitative estimate of drug-likeness (QED) is 0.572. The summed E-state index contributed by atoms with van der Waals surface area (Å²) in [5, 5.41) is 0. The molecule has 1 fully saturated rings. The van der Waals surface area contributed by atoms with Crippen LogP contribution in [-0.4, -0.2) is 50.4 Å². The van der Waals surface area contributed by atoms with Crippen molar-refractivity contribution < 1.29 is 13.9 Å². The van der Waals surface area contributed by atoms with Gasteiger partial charge < -0.3 is 14.4 Å². The number of fused-ring (bicyclic) bond motifs is 1. The lowest BCUT2D eigenvalue weighted by Crippen LogP contribution is -2.47. The number of halogens is 1. The summed E-state index contributed by atoms with van der Waals surface area (Å²) in [6, 6.07) is 15.7. The minimum Gasteiger partial charge on any atom is -0.491 e. The Balaban J connectivity index is 1.63. The molecule has 2 aromatic rings. The molecule has 4 nitrogen and oxygen atoms in total. The molecule has 2 aliphatic rings. The van der Waals surface area contributed by atoms with Gasteiger partial charge in [-0.2, -0.15) is 0 Å². The molecule has 0 saturated carbocycles. The van der Waals surface area contributed by atoms with Gasteiger partial charge in [-0.3, -0.25) is 4.90 Å². The topological polar surface area (TPSA) is 24.9 Å². The van der Waals surface area contributed by atoms with Gasteiger partial charge in [0.25, 0.3) is 0 Å². The number of likely N-dealkylation sites (tertiary alicyclic amines) is 1. The first-order chi connectivity index (χ1) is 15.1. The van der Waals surface area contributed by atoms with E-state index in [4.69, 9.17) is 9.47 Å². The molecular formula is C26H35FN2O2. The zero-order valence-corrected chi connectivity index (χ0v) is 18.8. The summed E-state index contributed by atoms with van der Waals surface area (Å²) in [7, 11) is 0. The zero-order valence-electron chi connectivity index (χ0n) is 18.8. The Morgan fingerprint density at radius 1 is 1.03 bits per heavy atom. The Morgan fingerprint density at radius 3 is 2.52 bits per heavy atom. The molecule has 0 N–H and O–H groups in total. The highest BCUT2D eigenvalue weighted by atomic mass is 19.1. The maximum absolute atomic E-state index is 13.6. The Labute approximate surface area is 185 Å². The molecule has 2 unspecified atom stereocenters. The van der Waals surface area contributed by atoms with E-state index < -0.39 is 0 Å². The van der Waals surface area contributed by atoms with Crippen molar-refractivity contribution in [2.75, 3.05) is 44.4 Å². The highest BCUT2D eigenvalue weighted by Gasteiger charge is 2.31. The largest absolute Gasteiger partial charge is 0.491 e. The average Bonchev–Trinajstić information content (AvgIpc) is 3.24. The highest BCUT2D eigenvalue weighted by Crippen LogP contribution is 2.39. The number of benzene rings is 2. The third-order valence-corrected chi connectivity index (χ3v) is 6.28. The predicted molar refractivity (Wildman–Crippen MR) is 123 cm³/mol. The standard InChI is InChI=1S/C26H35FN2O2/c1-20(2)18-30-19-23(28-14-5-6-15-28)17-29-24(21-9-11-22(27)12-10-21)13-16-31-26-8-4-3-7-25(26)29/h3-4,7-12,20,23-24H,5-6,13-19H2,1-2H3. The van der Waals surface area contributed by atoms with Gasteiger partial charge in [-0.15, -0.1) is 0 Å². The fraction of sp³-hybridized carbons (Fsp3) is 0.538. The monoisotopic (exact) mass is 426 g/mol. The van der Waals surface area contributed by atoms with Crippen molar-refractivity contribution in [1.82, 2.24) is 4.90 Å². The van der Waals surface area contributed by atoms with E-state index in [0.717, 1.165) is 56.3 Å². The molecule has 31 heavy (non-hydrogen) atoms. The summed E-state index contributed by atoms with van der Waals surface area (Å²) in [4.78, 5) is 5.05. The van der Waals surface area contributed by atoms with Crippen LogP contribution in [0.2, 0.25) is 0 Å². The van der Waals surface area contributed by atoms with Gasteiger partial charge in [-0.25, -0.2) is 4.39 Å². The second kappa shape index (κ2) is 10.5. The van der Waals surface area contributed by atoms with Crippen molar-refractivity contribution in [2.24, 2.45) is 5.92 Å². The van der Waals surface area contributed by atoms with Crippen LogP contribution in [0.3, 0.4) is 0 Å². The van der Waals surface area contributed by atoms with Crippen molar-refractivity contribution in [3.8, 4) is 5.75 Å². The second-order valence-electron chi connectivity index (χ2n) is 9.15. The summed E-state index contributed by atoms with van der Waals surface area (Å²) in [6.07, 6.45) is 3.36. The maximum atomic E-state index is 13.6. The molecule has 2 aliphatic heterocycles. The van der Waals surface area contributed by atoms with Gasteiger partial charge in [0.15, 0.2) is 0 Å². The van der Waals surface area contributed by atoms with Gasteiger partial charge in [-0.05, 0) is 61.7 Å². The number of ether oxygens (including phenoxy) is 2. The van der Waals surface area contributed by atoms with Gasteiger partial charge in [0, 0.05) is 19.6 Å². The number of rotatable bonds is 8. The van der Waals surface area contributed by atoms with E-state index in [1.54, 1.807) is 12.1 Å². The van der Waals surface area contributed by atoms with Crippen LogP contribution in [0.4, 0.5) is 10.1 Å². The first-order valence-corrected chi connectivity index (χ1v) is 11.7. The van der Waals surface area contributed by atoms with Crippen LogP contribution in [0.25, 0.3) is 0 Å². The maximum Gasteiger partial charge on any atom is 0.142 e. The lowest BCUT2D eigenvalue weighted by atomic mass is 10.0. The Kier molecular flexibility index (Phi) is 7.46. The fourth-order valence-electron chi connectivity index (χ4n) is 4.73. The molecule has 2 heterocycles. The molecule has 0 bridgehead atoms. The second-order valence-corrected chi connectivity index (χ2v) is 9.15. The van der Waals surface area contributed by atoms with Crippen molar-refractivity contribution in [3.05, 3.63) is 59.9 Å². The molecule has 168 valence electrons. The highest BCUT2D eigenvalue weighted by molar-refractivity contribution is 5.60. The normalized spacial score (nSPS) is 20.4. The van der Waals surface area contributed by atoms with Crippen molar-refractivity contribution in [2.45, 2.75) is 45.2 Å². The third kappa shape index (κ3) is 5.58. The van der Waals surface area contributed by atoms with E-state index in [-0.39, 0.29) is 11.9 Å². The lowest BCUT2D eigenvalue weighted by molar-refractivity contribution is 0.0562. The Hall–Kier alpha value is -2.11. The molecule has 5 heteroatoms. The van der Waals surface area contributed by atoms with Crippen LogP contribution >= 0.6 is 0 Å². The van der Waals surface area contributed by atoms with Crippen LogP contribution in [0.15, 0.2) is 48.5 Å². The molecule has 1 saturated heterocycles. The average molecular weight is 427 g/mol. The van der Waals surface area contributed by atoms with E-state index >= 15 is 0 Å². The SMILES string of the molecule is CC(C)COCC(CN1c2ccccc2OCCC1c1ccc(F)cc1)N1CCCC1. The number of nitrogens with zero attached hydrogens (tertiary/aromatic N) is 2. The molecule has 2 aromatic carbocycles. The predicted octanol–water partition coefficient (Wildman–Crippen LogP) is 5.29. The van der Waals surface area contributed by atoms with Crippen molar-refractivity contribution >= 4 is 5.69 Å². The van der Waals surface area contributed by atoms with Gasteiger partial charge >= 0.3 is 0 Å². The Morgan fingerprint density at radius 2 is 1.77 bits per heavy atom. The molecule has 0 radical (unpaired) electrons. The molecule has 0 spiro atoms. The van der Waals surface area contributed by atoms with Gasteiger partial charge in [-0.1, -0.05) is 38.1 Å². The van der Waals surface area contributed by atoms with E-state index in [9.17, 15) is 4.39 Å². The molecule has 2 atom stereocenters. The van der Waals surface area contributed by atoms with Crippen LogP contribution in [-0.2, 0) is 4.74 Å². The van der Waals surface area contributed by atoms with Gasteiger partial charge in [0.2, 0.25) is 0 Å². The molecule has 0 aromatic heterocycles. The van der Waals surface area contributed by atoms with Crippen LogP contribution in [0, 0.1) is 11.7 Å². The fourth-order valence-corrected chi connectivity index (χ4v) is 4.73. The van der Waals surface area contributed by atoms with Crippen LogP contribution in [0.1, 0.15) is 44.7 Å². The minimum atomic E-state index is -0.197. The number of para-hydroxylation sites is 2. The van der Waals surface area contributed by atoms with Gasteiger partial charge in [0.1, 0.15) is 11.6 Å². The molecule has 0 aliphatic carbocycles. The Bertz CT molecular complexity index is 820. The van der Waals surface area contributed by atoms with Crippen molar-refractivity contribution in [3.63, 3.8) is 0 Å². The molecular weight excluding hydrogens is 391 g/mol. The smallest absolute Gasteiger partial charge is 0.142 e.